The predicted octanol–water partition coefficient (Wildman–Crippen LogP) is 0.300. The Kier molecular flexibility index (Phi) is 6.83. The second-order valence-corrected chi connectivity index (χ2v) is 7.08. The number of aliphatic hydroxyl groups excluding tert-OH is 2. The van der Waals surface area contributed by atoms with Gasteiger partial charge in [-0.2, -0.15) is 5.06 Å². The maximum absolute atomic E-state index is 12.1. The summed E-state index contributed by atoms with van der Waals surface area (Å²) < 4.78 is 0. The molecule has 0 aromatic carbocycles. The van der Waals surface area contributed by atoms with Crippen molar-refractivity contribution < 1.29 is 24.6 Å². The fourth-order valence-corrected chi connectivity index (χ4v) is 2.97. The Morgan fingerprint density at radius 3 is 2.42 bits per heavy atom. The number of anilines is 1. The lowest BCUT2D eigenvalue weighted by atomic mass is 10.2. The molecule has 3 N–H and O–H groups in total. The summed E-state index contributed by atoms with van der Waals surface area (Å²) in [6.45, 7) is 0. The van der Waals surface area contributed by atoms with Crippen molar-refractivity contribution in [2.75, 3.05) is 5.32 Å². The summed E-state index contributed by atoms with van der Waals surface area (Å²) >= 11 is 0. The zero-order valence-electron chi connectivity index (χ0n) is 17.3. The Balaban J connectivity index is 1.27. The number of hydroxylamine groups is 2. The van der Waals surface area contributed by atoms with E-state index in [-0.39, 0.29) is 43.2 Å². The van der Waals surface area contributed by atoms with Crippen molar-refractivity contribution in [2.24, 2.45) is 0 Å². The van der Waals surface area contributed by atoms with E-state index in [1.165, 1.54) is 6.20 Å². The molecule has 13 nitrogen and oxygen atoms in total. The average molecular weight is 452 g/mol. The smallest absolute Gasteiger partial charge is 0.248 e. The quantitative estimate of drug-likeness (QED) is 0.401. The number of hydrogen-bond donors (Lipinski definition) is 3. The van der Waals surface area contributed by atoms with Crippen LogP contribution in [0.2, 0.25) is 0 Å². The number of rotatable bonds is 8. The van der Waals surface area contributed by atoms with Crippen molar-refractivity contribution in [3.8, 4) is 23.0 Å². The predicted molar refractivity (Wildman–Crippen MR) is 111 cm³/mol. The van der Waals surface area contributed by atoms with Crippen LogP contribution in [0.15, 0.2) is 42.7 Å². The molecule has 1 saturated heterocycles. The zero-order valence-corrected chi connectivity index (χ0v) is 17.3. The number of nitrogens with zero attached hydrogens (tertiary/aromatic N) is 7. The summed E-state index contributed by atoms with van der Waals surface area (Å²) in [6.07, 6.45) is 0.784. The van der Waals surface area contributed by atoms with Gasteiger partial charge in [-0.3, -0.25) is 19.6 Å². The van der Waals surface area contributed by atoms with E-state index in [4.69, 9.17) is 4.84 Å². The molecule has 4 rings (SSSR count). The van der Waals surface area contributed by atoms with E-state index in [1.807, 2.05) is 0 Å². The summed E-state index contributed by atoms with van der Waals surface area (Å²) in [5.41, 5.74) is 1.39. The van der Waals surface area contributed by atoms with Crippen LogP contribution in [-0.4, -0.2) is 70.0 Å². The van der Waals surface area contributed by atoms with Gasteiger partial charge in [-0.15, -0.1) is 20.4 Å². The number of hydrogen-bond acceptors (Lipinski definition) is 11. The third-order valence-corrected chi connectivity index (χ3v) is 4.64. The van der Waals surface area contributed by atoms with Gasteiger partial charge >= 0.3 is 0 Å². The molecule has 13 heteroatoms. The van der Waals surface area contributed by atoms with E-state index < -0.39 is 18.4 Å². The lowest BCUT2D eigenvalue weighted by molar-refractivity contribution is -0.287. The third kappa shape index (κ3) is 5.65. The first-order valence-corrected chi connectivity index (χ1v) is 10.1. The third-order valence-electron chi connectivity index (χ3n) is 4.64. The molecule has 2 unspecified atom stereocenters. The Morgan fingerprint density at radius 2 is 1.85 bits per heavy atom. The van der Waals surface area contributed by atoms with E-state index in [0.717, 1.165) is 5.06 Å². The largest absolute Gasteiger partial charge is 0.371 e. The molecule has 0 spiro atoms. The molecule has 0 bridgehead atoms. The highest BCUT2D eigenvalue weighted by molar-refractivity contribution is 5.90. The highest BCUT2D eigenvalue weighted by Crippen LogP contribution is 2.19. The number of aromatic nitrogens is 6. The first-order valence-electron chi connectivity index (χ1n) is 10.1. The van der Waals surface area contributed by atoms with E-state index in [2.05, 4.69) is 35.7 Å². The van der Waals surface area contributed by atoms with Gasteiger partial charge in [-0.25, -0.2) is 4.84 Å². The van der Waals surface area contributed by atoms with Crippen LogP contribution in [-0.2, 0) is 14.4 Å². The Morgan fingerprint density at radius 1 is 1.12 bits per heavy atom. The van der Waals surface area contributed by atoms with E-state index >= 15 is 0 Å². The van der Waals surface area contributed by atoms with Crippen LogP contribution >= 0.6 is 0 Å². The molecular formula is C20H20N8O5. The number of nitrogens with one attached hydrogen (secondary N) is 1. The zero-order chi connectivity index (χ0) is 23.2. The second-order valence-electron chi connectivity index (χ2n) is 7.08. The van der Waals surface area contributed by atoms with Crippen molar-refractivity contribution in [3.05, 3.63) is 42.7 Å². The molecule has 170 valence electrons. The topological polar surface area (TPSA) is 176 Å². The normalized spacial score (nSPS) is 16.6. The van der Waals surface area contributed by atoms with Crippen LogP contribution in [0.25, 0.3) is 23.0 Å². The van der Waals surface area contributed by atoms with Crippen molar-refractivity contribution in [2.45, 2.75) is 38.2 Å². The summed E-state index contributed by atoms with van der Waals surface area (Å²) in [5, 5.41) is 38.9. The molecule has 2 amide bonds. The molecular weight excluding hydrogens is 432 g/mol. The van der Waals surface area contributed by atoms with Crippen LogP contribution < -0.4 is 5.32 Å². The molecule has 1 aliphatic heterocycles. The molecule has 33 heavy (non-hydrogen) atoms. The maximum Gasteiger partial charge on any atom is 0.248 e. The van der Waals surface area contributed by atoms with Gasteiger partial charge in [0, 0.05) is 31.9 Å². The fraction of sp³-hybridized carbons (Fsp3) is 0.300. The molecule has 2 atom stereocenters. The first-order chi connectivity index (χ1) is 16.0. The van der Waals surface area contributed by atoms with E-state index in [1.54, 1.807) is 36.5 Å². The fourth-order valence-electron chi connectivity index (χ4n) is 2.97. The van der Waals surface area contributed by atoms with Crippen LogP contribution in [0.5, 0.6) is 0 Å². The van der Waals surface area contributed by atoms with Crippen LogP contribution in [0, 0.1) is 0 Å². The van der Waals surface area contributed by atoms with E-state index in [0.29, 0.717) is 17.1 Å². The lowest BCUT2D eigenvalue weighted by Gasteiger charge is -2.22. The Hall–Kier alpha value is -3.94. The van der Waals surface area contributed by atoms with E-state index in [9.17, 15) is 19.8 Å². The SMILES string of the molecule is O=C(CCC(O)ON1C(=O)CCC1O)Nc1ccc(-c2nnc(-c3ccccn3)nn2)nc1. The van der Waals surface area contributed by atoms with Crippen molar-refractivity contribution in [1.29, 1.82) is 0 Å². The van der Waals surface area contributed by atoms with Crippen molar-refractivity contribution in [1.82, 2.24) is 35.4 Å². The molecule has 3 aromatic heterocycles. The number of aliphatic hydroxyl groups is 2. The molecule has 0 radical (unpaired) electrons. The Labute approximate surface area is 187 Å². The minimum absolute atomic E-state index is 0.0678. The molecule has 0 saturated carbocycles. The summed E-state index contributed by atoms with van der Waals surface area (Å²) in [6, 6.07) is 8.55. The molecule has 1 aliphatic rings. The van der Waals surface area contributed by atoms with Gasteiger partial charge in [0.2, 0.25) is 23.5 Å². The molecule has 3 aromatic rings. The van der Waals surface area contributed by atoms with Crippen LogP contribution in [0.4, 0.5) is 5.69 Å². The van der Waals surface area contributed by atoms with Crippen LogP contribution in [0.3, 0.4) is 0 Å². The molecule has 1 fully saturated rings. The van der Waals surface area contributed by atoms with Crippen molar-refractivity contribution in [3.63, 3.8) is 0 Å². The van der Waals surface area contributed by atoms with Gasteiger partial charge in [0.25, 0.3) is 0 Å². The minimum Gasteiger partial charge on any atom is -0.371 e. The van der Waals surface area contributed by atoms with Gasteiger partial charge in [0.1, 0.15) is 11.4 Å². The second kappa shape index (κ2) is 10.1. The van der Waals surface area contributed by atoms with Gasteiger partial charge < -0.3 is 15.5 Å². The lowest BCUT2D eigenvalue weighted by Crippen LogP contribution is -2.37. The number of amides is 2. The number of carbonyl (C=O) groups excluding carboxylic acids is 2. The highest BCUT2D eigenvalue weighted by Gasteiger charge is 2.32. The summed E-state index contributed by atoms with van der Waals surface area (Å²) in [5.74, 6) is -0.304. The van der Waals surface area contributed by atoms with Crippen LogP contribution in [0.1, 0.15) is 25.7 Å². The number of carbonyl (C=O) groups is 2. The molecule has 4 heterocycles. The van der Waals surface area contributed by atoms with Gasteiger partial charge in [-0.05, 0) is 24.3 Å². The van der Waals surface area contributed by atoms with Gasteiger partial charge in [0.15, 0.2) is 12.5 Å². The van der Waals surface area contributed by atoms with Gasteiger partial charge in [0.05, 0.1) is 11.9 Å². The van der Waals surface area contributed by atoms with Crippen molar-refractivity contribution >= 4 is 17.5 Å². The van der Waals surface area contributed by atoms with Gasteiger partial charge in [-0.1, -0.05) is 6.07 Å². The number of pyridine rings is 2. The summed E-state index contributed by atoms with van der Waals surface area (Å²) in [7, 11) is 0. The average Bonchev–Trinajstić information content (AvgIpc) is 3.16. The maximum atomic E-state index is 12.1. The first kappa shape index (κ1) is 22.3. The molecule has 0 aliphatic carbocycles. The monoisotopic (exact) mass is 452 g/mol. The minimum atomic E-state index is -1.40. The summed E-state index contributed by atoms with van der Waals surface area (Å²) in [4.78, 5) is 37.0. The Bertz CT molecular complexity index is 1100. The standard InChI is InChI=1S/C20H20N8O5/c29-15(6-9-18(32)33-28-16(30)7-8-17(28)31)23-12-4-5-14(22-11-12)20-26-24-19(25-27-20)13-3-1-2-10-21-13/h1-5,10-11,16,18,30,32H,6-9H2,(H,23,29). The highest BCUT2D eigenvalue weighted by atomic mass is 16.8.